The summed E-state index contributed by atoms with van der Waals surface area (Å²) in [5, 5.41) is 19.7. The highest BCUT2D eigenvalue weighted by Crippen LogP contribution is 2.45. The van der Waals surface area contributed by atoms with Crippen molar-refractivity contribution >= 4 is 5.97 Å². The Morgan fingerprint density at radius 1 is 1.23 bits per heavy atom. The van der Waals surface area contributed by atoms with E-state index >= 15 is 0 Å². The number of fused-ring (bicyclic) bond motifs is 1. The Labute approximate surface area is 182 Å². The van der Waals surface area contributed by atoms with Gasteiger partial charge in [-0.1, -0.05) is 25.7 Å². The first kappa shape index (κ1) is 22.7. The third kappa shape index (κ3) is 5.57. The van der Waals surface area contributed by atoms with E-state index in [1.165, 1.54) is 12.1 Å². The van der Waals surface area contributed by atoms with Crippen LogP contribution in [0.15, 0.2) is 36.4 Å². The van der Waals surface area contributed by atoms with Crippen LogP contribution in [0.1, 0.15) is 60.3 Å². The van der Waals surface area contributed by atoms with E-state index in [9.17, 15) is 9.90 Å². The zero-order valence-electron chi connectivity index (χ0n) is 18.1. The summed E-state index contributed by atoms with van der Waals surface area (Å²) in [6.45, 7) is 8.29. The molecule has 164 valence electrons. The number of hydrogen-bond donors (Lipinski definition) is 2. The molecular weight excluding hydrogens is 396 g/mol. The summed E-state index contributed by atoms with van der Waals surface area (Å²) in [5.41, 5.74) is 2.30. The summed E-state index contributed by atoms with van der Waals surface area (Å²) in [4.78, 5) is 11.0. The highest BCUT2D eigenvalue weighted by molar-refractivity contribution is 5.87. The Balaban J connectivity index is 1.88. The maximum atomic E-state index is 11.0. The molecular formula is C25H28O6. The second-order valence-electron chi connectivity index (χ2n) is 7.98. The molecule has 1 atom stereocenters. The minimum atomic E-state index is -1.03. The first-order valence-corrected chi connectivity index (χ1v) is 10.4. The molecule has 0 spiro atoms. The topological polar surface area (TPSA) is 85.2 Å². The summed E-state index contributed by atoms with van der Waals surface area (Å²) in [6.07, 6.45) is -0.170. The molecule has 0 radical (unpaired) electrons. The Kier molecular flexibility index (Phi) is 7.21. The minimum absolute atomic E-state index is 0.124. The predicted octanol–water partition coefficient (Wildman–Crippen LogP) is 3.95. The largest absolute Gasteiger partial charge is 0.489 e. The zero-order chi connectivity index (χ0) is 22.4. The molecule has 1 unspecified atom stereocenters. The van der Waals surface area contributed by atoms with Crippen molar-refractivity contribution in [3.63, 3.8) is 0 Å². The van der Waals surface area contributed by atoms with Crippen molar-refractivity contribution in [2.24, 2.45) is 0 Å². The lowest BCUT2D eigenvalue weighted by atomic mass is 9.78. The van der Waals surface area contributed by atoms with Crippen molar-refractivity contribution in [2.45, 2.75) is 38.7 Å². The molecule has 0 saturated heterocycles. The van der Waals surface area contributed by atoms with Crippen molar-refractivity contribution in [1.82, 2.24) is 0 Å². The molecule has 0 aliphatic carbocycles. The number of benzene rings is 2. The second-order valence-corrected chi connectivity index (χ2v) is 7.98. The molecule has 1 aliphatic heterocycles. The second kappa shape index (κ2) is 9.86. The van der Waals surface area contributed by atoms with Crippen LogP contribution in [0.5, 0.6) is 11.5 Å². The number of ether oxygens (including phenoxy) is 3. The lowest BCUT2D eigenvalue weighted by Gasteiger charge is -2.34. The van der Waals surface area contributed by atoms with Gasteiger partial charge in [-0.25, -0.2) is 4.79 Å². The number of hydrogen-bond acceptors (Lipinski definition) is 5. The van der Waals surface area contributed by atoms with Gasteiger partial charge in [0, 0.05) is 17.7 Å². The predicted molar refractivity (Wildman–Crippen MR) is 117 cm³/mol. The quantitative estimate of drug-likeness (QED) is 0.517. The number of aliphatic hydroxyl groups is 1. The molecule has 31 heavy (non-hydrogen) atoms. The number of aromatic carboxylic acids is 1. The van der Waals surface area contributed by atoms with Crippen LogP contribution in [0, 0.1) is 11.8 Å². The molecule has 2 aromatic carbocycles. The Morgan fingerprint density at radius 2 is 1.97 bits per heavy atom. The van der Waals surface area contributed by atoms with Crippen LogP contribution in [-0.2, 0) is 10.2 Å². The summed E-state index contributed by atoms with van der Waals surface area (Å²) in [7, 11) is 0. The van der Waals surface area contributed by atoms with E-state index in [2.05, 4.69) is 25.7 Å². The smallest absolute Gasteiger partial charge is 0.335 e. The van der Waals surface area contributed by atoms with E-state index in [0.29, 0.717) is 49.1 Å². The average molecular weight is 424 g/mol. The molecule has 0 bridgehead atoms. The third-order valence-electron chi connectivity index (χ3n) is 5.27. The van der Waals surface area contributed by atoms with Gasteiger partial charge in [-0.15, -0.1) is 0 Å². The van der Waals surface area contributed by atoms with E-state index in [1.54, 1.807) is 18.2 Å². The van der Waals surface area contributed by atoms with Crippen LogP contribution in [0.25, 0.3) is 0 Å². The van der Waals surface area contributed by atoms with Crippen molar-refractivity contribution in [2.75, 3.05) is 26.4 Å². The number of rotatable bonds is 7. The van der Waals surface area contributed by atoms with Gasteiger partial charge in [-0.05, 0) is 60.7 Å². The van der Waals surface area contributed by atoms with Gasteiger partial charge in [-0.2, -0.15) is 0 Å². The fourth-order valence-electron chi connectivity index (χ4n) is 3.37. The van der Waals surface area contributed by atoms with Crippen LogP contribution < -0.4 is 9.47 Å². The summed E-state index contributed by atoms with van der Waals surface area (Å²) in [6, 6.07) is 9.91. The number of carbonyl (C=O) groups is 1. The van der Waals surface area contributed by atoms with Crippen LogP contribution in [0.3, 0.4) is 0 Å². The number of carboxylic acids is 1. The summed E-state index contributed by atoms with van der Waals surface area (Å²) >= 11 is 0. The SMILES string of the molecule is CCOCCOc1cc(C(O)C#Cc2ccc(C(=O)O)cc2)cc2c1OCCC2(C)C. The van der Waals surface area contributed by atoms with Crippen molar-refractivity contribution in [1.29, 1.82) is 0 Å². The van der Waals surface area contributed by atoms with Crippen LogP contribution in [0.2, 0.25) is 0 Å². The van der Waals surface area contributed by atoms with E-state index in [4.69, 9.17) is 19.3 Å². The van der Waals surface area contributed by atoms with Crippen molar-refractivity contribution in [3.05, 3.63) is 58.7 Å². The van der Waals surface area contributed by atoms with Gasteiger partial charge in [0.25, 0.3) is 0 Å². The Bertz CT molecular complexity index is 982. The zero-order valence-corrected chi connectivity index (χ0v) is 18.1. The van der Waals surface area contributed by atoms with Gasteiger partial charge < -0.3 is 24.4 Å². The number of carboxylic acid groups (broad SMARTS) is 1. The lowest BCUT2D eigenvalue weighted by Crippen LogP contribution is -2.27. The summed E-state index contributed by atoms with van der Waals surface area (Å²) < 4.78 is 17.2. The normalized spacial score (nSPS) is 15.1. The van der Waals surface area contributed by atoms with E-state index < -0.39 is 12.1 Å². The molecule has 1 aliphatic rings. The van der Waals surface area contributed by atoms with Crippen LogP contribution in [-0.4, -0.2) is 42.6 Å². The highest BCUT2D eigenvalue weighted by Gasteiger charge is 2.32. The molecule has 0 aromatic heterocycles. The van der Waals surface area contributed by atoms with Gasteiger partial charge in [0.2, 0.25) is 0 Å². The standard InChI is InChI=1S/C25H28O6/c1-4-29-13-14-30-22-16-19(15-20-23(22)31-12-11-25(20,2)3)21(26)10-7-17-5-8-18(9-6-17)24(27)28/h5-6,8-9,15-16,21,26H,4,11-14H2,1-3H3,(H,27,28). The third-order valence-corrected chi connectivity index (χ3v) is 5.27. The van der Waals surface area contributed by atoms with Gasteiger partial charge in [-0.3, -0.25) is 0 Å². The van der Waals surface area contributed by atoms with Crippen molar-refractivity contribution < 1.29 is 29.2 Å². The molecule has 2 N–H and O–H groups in total. The van der Waals surface area contributed by atoms with Gasteiger partial charge in [0.15, 0.2) is 11.5 Å². The molecule has 6 nitrogen and oxygen atoms in total. The molecule has 1 heterocycles. The maximum Gasteiger partial charge on any atom is 0.335 e. The van der Waals surface area contributed by atoms with Crippen molar-refractivity contribution in [3.8, 4) is 23.3 Å². The number of aliphatic hydroxyl groups excluding tert-OH is 1. The lowest BCUT2D eigenvalue weighted by molar-refractivity contribution is 0.0697. The Hall–Kier alpha value is -3.01. The maximum absolute atomic E-state index is 11.0. The van der Waals surface area contributed by atoms with Crippen LogP contribution >= 0.6 is 0 Å². The summed E-state index contributed by atoms with van der Waals surface area (Å²) in [5.74, 6) is 6.04. The first-order valence-electron chi connectivity index (χ1n) is 10.4. The van der Waals surface area contributed by atoms with Gasteiger partial charge >= 0.3 is 5.97 Å². The molecule has 3 rings (SSSR count). The molecule has 6 heteroatoms. The van der Waals surface area contributed by atoms with E-state index in [-0.39, 0.29) is 11.0 Å². The van der Waals surface area contributed by atoms with E-state index in [1.807, 2.05) is 13.0 Å². The van der Waals surface area contributed by atoms with Crippen LogP contribution in [0.4, 0.5) is 0 Å². The molecule has 0 amide bonds. The average Bonchev–Trinajstić information content (AvgIpc) is 2.75. The fraction of sp³-hybridized carbons (Fsp3) is 0.400. The molecule has 2 aromatic rings. The van der Waals surface area contributed by atoms with Gasteiger partial charge in [0.1, 0.15) is 12.7 Å². The van der Waals surface area contributed by atoms with Gasteiger partial charge in [0.05, 0.1) is 18.8 Å². The fourth-order valence-corrected chi connectivity index (χ4v) is 3.37. The highest BCUT2D eigenvalue weighted by atomic mass is 16.5. The monoisotopic (exact) mass is 424 g/mol. The molecule has 0 saturated carbocycles. The molecule has 0 fully saturated rings. The Morgan fingerprint density at radius 3 is 2.65 bits per heavy atom. The first-order chi connectivity index (χ1) is 14.8. The van der Waals surface area contributed by atoms with E-state index in [0.717, 1.165) is 12.0 Å². The minimum Gasteiger partial charge on any atom is -0.489 e.